The molecule has 1 fully saturated rings. The van der Waals surface area contributed by atoms with Crippen molar-refractivity contribution < 1.29 is 9.53 Å². The van der Waals surface area contributed by atoms with Gasteiger partial charge in [-0.3, -0.25) is 0 Å². The van der Waals surface area contributed by atoms with Crippen molar-refractivity contribution in [3.05, 3.63) is 23.0 Å². The Hall–Kier alpha value is -2.15. The molecular formula is C20H28ClN5O2. The number of halogens is 1. The molecule has 8 heteroatoms. The lowest BCUT2D eigenvalue weighted by molar-refractivity contribution is 0.0492. The van der Waals surface area contributed by atoms with Crippen LogP contribution in [0.1, 0.15) is 58.9 Å². The summed E-state index contributed by atoms with van der Waals surface area (Å²) in [6.07, 6.45) is 5.84. The van der Waals surface area contributed by atoms with E-state index in [9.17, 15) is 4.79 Å². The molecule has 2 aromatic rings. The Balaban J connectivity index is 1.57. The first-order valence-corrected chi connectivity index (χ1v) is 10.2. The second-order valence-corrected chi connectivity index (χ2v) is 8.61. The molecule has 2 heterocycles. The van der Waals surface area contributed by atoms with Gasteiger partial charge in [0.05, 0.1) is 11.7 Å². The molecule has 1 saturated carbocycles. The number of hydrogen-bond donors (Lipinski definition) is 2. The zero-order chi connectivity index (χ0) is 20.3. The van der Waals surface area contributed by atoms with E-state index < -0.39 is 5.60 Å². The second-order valence-electron chi connectivity index (χ2n) is 8.22. The van der Waals surface area contributed by atoms with Crippen LogP contribution in [0.15, 0.2) is 12.3 Å². The number of fused-ring (bicyclic) bond motifs is 1. The van der Waals surface area contributed by atoms with Crippen molar-refractivity contribution in [3.63, 3.8) is 0 Å². The summed E-state index contributed by atoms with van der Waals surface area (Å²) in [6, 6.07) is 2.27. The highest BCUT2D eigenvalue weighted by Crippen LogP contribution is 2.24. The molecular weight excluding hydrogens is 378 g/mol. The minimum Gasteiger partial charge on any atom is -0.444 e. The minimum absolute atomic E-state index is 0.142. The number of rotatable bonds is 4. The number of anilines is 1. The van der Waals surface area contributed by atoms with E-state index in [2.05, 4.69) is 32.5 Å². The molecule has 3 rings (SSSR count). The van der Waals surface area contributed by atoms with E-state index in [4.69, 9.17) is 16.3 Å². The number of carbonyl (C=O) groups is 1. The molecule has 1 aliphatic rings. The van der Waals surface area contributed by atoms with Crippen LogP contribution >= 0.6 is 11.6 Å². The Bertz CT molecular complexity index is 844. The molecule has 0 spiro atoms. The van der Waals surface area contributed by atoms with Crippen LogP contribution in [0, 0.1) is 0 Å². The van der Waals surface area contributed by atoms with Crippen molar-refractivity contribution in [2.45, 2.75) is 77.5 Å². The summed E-state index contributed by atoms with van der Waals surface area (Å²) >= 11 is 6.06. The highest BCUT2D eigenvalue weighted by Gasteiger charge is 2.25. The van der Waals surface area contributed by atoms with E-state index in [0.717, 1.165) is 43.2 Å². The third kappa shape index (κ3) is 5.44. The van der Waals surface area contributed by atoms with Crippen molar-refractivity contribution >= 4 is 34.7 Å². The van der Waals surface area contributed by atoms with E-state index in [1.165, 1.54) is 0 Å². The number of aryl methyl sites for hydroxylation is 1. The van der Waals surface area contributed by atoms with E-state index in [1.807, 2.05) is 26.8 Å². The fourth-order valence-electron chi connectivity index (χ4n) is 3.43. The standard InChI is InChI=1S/C20H28ClN5O2/c1-5-12-10-16(21)25-15-11-22-18(26-17(12)15)23-13-6-8-14(9-7-13)24-19(27)28-20(2,3)4/h10-11,13-14H,5-9H2,1-4H3,(H,24,27)(H,22,23,26)/t13-,14-. The number of pyridine rings is 1. The Morgan fingerprint density at radius 2 is 1.89 bits per heavy atom. The van der Waals surface area contributed by atoms with E-state index in [0.29, 0.717) is 16.6 Å². The average molecular weight is 406 g/mol. The molecule has 0 aromatic carbocycles. The van der Waals surface area contributed by atoms with Gasteiger partial charge in [-0.2, -0.15) is 0 Å². The number of amides is 1. The van der Waals surface area contributed by atoms with Crippen molar-refractivity contribution in [2.75, 3.05) is 5.32 Å². The van der Waals surface area contributed by atoms with Crippen molar-refractivity contribution in [1.82, 2.24) is 20.3 Å². The highest BCUT2D eigenvalue weighted by atomic mass is 35.5. The Morgan fingerprint density at radius 3 is 2.54 bits per heavy atom. The van der Waals surface area contributed by atoms with Gasteiger partial charge in [0.25, 0.3) is 0 Å². The van der Waals surface area contributed by atoms with Gasteiger partial charge in [-0.1, -0.05) is 18.5 Å². The highest BCUT2D eigenvalue weighted by molar-refractivity contribution is 6.29. The van der Waals surface area contributed by atoms with Gasteiger partial charge in [0.1, 0.15) is 16.3 Å². The van der Waals surface area contributed by atoms with Gasteiger partial charge in [0, 0.05) is 12.1 Å². The van der Waals surface area contributed by atoms with Crippen LogP contribution in [-0.2, 0) is 11.2 Å². The number of hydrogen-bond acceptors (Lipinski definition) is 6. The Kier molecular flexibility index (Phi) is 6.23. The summed E-state index contributed by atoms with van der Waals surface area (Å²) in [4.78, 5) is 25.3. The van der Waals surface area contributed by atoms with Gasteiger partial charge in [0.2, 0.25) is 5.95 Å². The summed E-state index contributed by atoms with van der Waals surface area (Å²) in [6.45, 7) is 7.67. The predicted octanol–water partition coefficient (Wildman–Crippen LogP) is 4.49. The van der Waals surface area contributed by atoms with Gasteiger partial charge in [-0.05, 0) is 64.5 Å². The molecule has 0 aliphatic heterocycles. The minimum atomic E-state index is -0.479. The van der Waals surface area contributed by atoms with Crippen LogP contribution in [0.5, 0.6) is 0 Å². The predicted molar refractivity (Wildman–Crippen MR) is 111 cm³/mol. The van der Waals surface area contributed by atoms with E-state index in [-0.39, 0.29) is 18.2 Å². The van der Waals surface area contributed by atoms with Gasteiger partial charge in [0.15, 0.2) is 0 Å². The smallest absolute Gasteiger partial charge is 0.407 e. The number of carbonyl (C=O) groups excluding carboxylic acids is 1. The summed E-state index contributed by atoms with van der Waals surface area (Å²) in [7, 11) is 0. The average Bonchev–Trinajstić information content (AvgIpc) is 2.61. The molecule has 0 saturated heterocycles. The quantitative estimate of drug-likeness (QED) is 0.728. The Labute approximate surface area is 170 Å². The molecule has 0 radical (unpaired) electrons. The molecule has 7 nitrogen and oxygen atoms in total. The SMILES string of the molecule is CCc1cc(Cl)nc2cnc(N[C@H]3CC[C@H](NC(=O)OC(C)(C)C)CC3)nc12. The van der Waals surface area contributed by atoms with Crippen molar-refractivity contribution in [3.8, 4) is 0 Å². The van der Waals surface area contributed by atoms with Gasteiger partial charge in [-0.25, -0.2) is 19.7 Å². The number of ether oxygens (including phenoxy) is 1. The first-order chi connectivity index (χ1) is 13.2. The van der Waals surface area contributed by atoms with Gasteiger partial charge < -0.3 is 15.4 Å². The van der Waals surface area contributed by atoms with Crippen LogP contribution in [0.3, 0.4) is 0 Å². The van der Waals surface area contributed by atoms with Crippen LogP contribution < -0.4 is 10.6 Å². The van der Waals surface area contributed by atoms with Gasteiger partial charge in [-0.15, -0.1) is 0 Å². The lowest BCUT2D eigenvalue weighted by Crippen LogP contribution is -2.42. The number of aromatic nitrogens is 3. The molecule has 1 amide bonds. The molecule has 0 unspecified atom stereocenters. The maximum atomic E-state index is 11.9. The van der Waals surface area contributed by atoms with Crippen LogP contribution in [0.2, 0.25) is 5.15 Å². The topological polar surface area (TPSA) is 89.0 Å². The fraction of sp³-hybridized carbons (Fsp3) is 0.600. The lowest BCUT2D eigenvalue weighted by Gasteiger charge is -2.30. The van der Waals surface area contributed by atoms with Crippen molar-refractivity contribution in [2.24, 2.45) is 0 Å². The zero-order valence-electron chi connectivity index (χ0n) is 16.9. The maximum Gasteiger partial charge on any atom is 0.407 e. The van der Waals surface area contributed by atoms with Crippen molar-refractivity contribution in [1.29, 1.82) is 0 Å². The van der Waals surface area contributed by atoms with E-state index >= 15 is 0 Å². The number of nitrogens with one attached hydrogen (secondary N) is 2. The fourth-order valence-corrected chi connectivity index (χ4v) is 3.65. The monoisotopic (exact) mass is 405 g/mol. The normalized spacial score (nSPS) is 20.0. The number of alkyl carbamates (subject to hydrolysis) is 1. The number of nitrogens with zero attached hydrogens (tertiary/aromatic N) is 3. The molecule has 1 aliphatic carbocycles. The third-order valence-corrected chi connectivity index (χ3v) is 4.95. The van der Waals surface area contributed by atoms with Gasteiger partial charge >= 0.3 is 6.09 Å². The molecule has 2 N–H and O–H groups in total. The molecule has 0 atom stereocenters. The first-order valence-electron chi connectivity index (χ1n) is 9.81. The van der Waals surface area contributed by atoms with Crippen LogP contribution in [0.4, 0.5) is 10.7 Å². The zero-order valence-corrected chi connectivity index (χ0v) is 17.6. The van der Waals surface area contributed by atoms with Crippen LogP contribution in [0.25, 0.3) is 11.0 Å². The third-order valence-electron chi connectivity index (χ3n) is 4.76. The summed E-state index contributed by atoms with van der Waals surface area (Å²) in [5.74, 6) is 0.606. The summed E-state index contributed by atoms with van der Waals surface area (Å²) in [5, 5.41) is 6.85. The molecule has 152 valence electrons. The second kappa shape index (κ2) is 8.47. The lowest BCUT2D eigenvalue weighted by atomic mass is 9.91. The summed E-state index contributed by atoms with van der Waals surface area (Å²) < 4.78 is 5.33. The first kappa shape index (κ1) is 20.6. The molecule has 28 heavy (non-hydrogen) atoms. The van der Waals surface area contributed by atoms with E-state index in [1.54, 1.807) is 6.20 Å². The largest absolute Gasteiger partial charge is 0.444 e. The summed E-state index contributed by atoms with van der Waals surface area (Å²) in [5.41, 5.74) is 2.13. The maximum absolute atomic E-state index is 11.9. The Morgan fingerprint density at radius 1 is 1.21 bits per heavy atom. The van der Waals surface area contributed by atoms with Crippen LogP contribution in [-0.4, -0.2) is 38.7 Å². The molecule has 2 aromatic heterocycles. The molecule has 0 bridgehead atoms.